The molecule has 2 atom stereocenters. The molecule has 0 saturated carbocycles. The van der Waals surface area contributed by atoms with E-state index in [9.17, 15) is 14.4 Å². The molecule has 0 bridgehead atoms. The van der Waals surface area contributed by atoms with Crippen molar-refractivity contribution in [3.63, 3.8) is 0 Å². The van der Waals surface area contributed by atoms with E-state index in [0.29, 0.717) is 31.4 Å². The lowest BCUT2D eigenvalue weighted by Crippen LogP contribution is -2.21. The van der Waals surface area contributed by atoms with Crippen molar-refractivity contribution in [3.05, 3.63) is 34.4 Å². The predicted octanol–water partition coefficient (Wildman–Crippen LogP) is 4.68. The molecule has 0 amide bonds. The highest BCUT2D eigenvalue weighted by atomic mass is 16.5. The summed E-state index contributed by atoms with van der Waals surface area (Å²) in [6, 6.07) is 2.73. The van der Waals surface area contributed by atoms with Gasteiger partial charge in [-0.15, -0.1) is 0 Å². The van der Waals surface area contributed by atoms with Crippen LogP contribution in [0.25, 0.3) is 0 Å². The molecule has 0 saturated heterocycles. The third kappa shape index (κ3) is 10.3. The SMILES string of the molecule is CCCCCCCCC(CCCC(Cc1cc(=O)cco1)C(=O)OC)C(=O)OC. The summed E-state index contributed by atoms with van der Waals surface area (Å²) in [6.07, 6.45) is 11.5. The molecule has 0 spiro atoms. The molecule has 0 N–H and O–H groups in total. The van der Waals surface area contributed by atoms with Gasteiger partial charge in [0.05, 0.1) is 32.3 Å². The Morgan fingerprint density at radius 2 is 1.48 bits per heavy atom. The van der Waals surface area contributed by atoms with Gasteiger partial charge in [-0.3, -0.25) is 14.4 Å². The first-order valence-corrected chi connectivity index (χ1v) is 10.7. The molecule has 0 radical (unpaired) electrons. The van der Waals surface area contributed by atoms with Gasteiger partial charge in [-0.05, 0) is 19.3 Å². The molecular formula is C23H36O6. The van der Waals surface area contributed by atoms with Crippen molar-refractivity contribution in [3.8, 4) is 0 Å². The Hall–Kier alpha value is -2.11. The average molecular weight is 409 g/mol. The van der Waals surface area contributed by atoms with Gasteiger partial charge in [0, 0.05) is 18.6 Å². The van der Waals surface area contributed by atoms with E-state index < -0.39 is 5.92 Å². The molecular weight excluding hydrogens is 372 g/mol. The lowest BCUT2D eigenvalue weighted by Gasteiger charge is -2.17. The van der Waals surface area contributed by atoms with Crippen LogP contribution in [0, 0.1) is 11.8 Å². The molecule has 1 rings (SSSR count). The number of unbranched alkanes of at least 4 members (excludes halogenated alkanes) is 5. The van der Waals surface area contributed by atoms with Gasteiger partial charge in [-0.25, -0.2) is 0 Å². The number of hydrogen-bond acceptors (Lipinski definition) is 6. The van der Waals surface area contributed by atoms with Crippen LogP contribution >= 0.6 is 0 Å². The summed E-state index contributed by atoms with van der Waals surface area (Å²) < 4.78 is 15.2. The minimum Gasteiger partial charge on any atom is -0.469 e. The molecule has 29 heavy (non-hydrogen) atoms. The predicted molar refractivity (Wildman–Crippen MR) is 112 cm³/mol. The summed E-state index contributed by atoms with van der Waals surface area (Å²) >= 11 is 0. The Bertz CT molecular complexity index is 651. The fourth-order valence-corrected chi connectivity index (χ4v) is 3.58. The van der Waals surface area contributed by atoms with E-state index in [0.717, 1.165) is 19.3 Å². The number of carbonyl (C=O) groups is 2. The molecule has 0 aromatic carbocycles. The van der Waals surface area contributed by atoms with Crippen molar-refractivity contribution in [2.75, 3.05) is 14.2 Å². The third-order valence-corrected chi connectivity index (χ3v) is 5.28. The maximum absolute atomic E-state index is 12.1. The molecule has 6 heteroatoms. The molecule has 1 aromatic heterocycles. The fourth-order valence-electron chi connectivity index (χ4n) is 3.58. The second-order valence-electron chi connectivity index (χ2n) is 7.57. The van der Waals surface area contributed by atoms with Gasteiger partial charge >= 0.3 is 11.9 Å². The smallest absolute Gasteiger partial charge is 0.309 e. The minimum atomic E-state index is -0.405. The number of hydrogen-bond donors (Lipinski definition) is 0. The van der Waals surface area contributed by atoms with Crippen LogP contribution in [0.15, 0.2) is 27.6 Å². The Kier molecular flexibility index (Phi) is 12.7. The van der Waals surface area contributed by atoms with Crippen LogP contribution in [0.2, 0.25) is 0 Å². The number of methoxy groups -OCH3 is 2. The van der Waals surface area contributed by atoms with E-state index >= 15 is 0 Å². The first-order valence-electron chi connectivity index (χ1n) is 10.7. The molecule has 0 aliphatic rings. The fraction of sp³-hybridized carbons (Fsp3) is 0.696. The Labute approximate surface area is 174 Å². The number of esters is 2. The largest absolute Gasteiger partial charge is 0.469 e. The molecule has 2 unspecified atom stereocenters. The molecule has 1 aromatic rings. The van der Waals surface area contributed by atoms with Crippen LogP contribution in [0.4, 0.5) is 0 Å². The van der Waals surface area contributed by atoms with Gasteiger partial charge in [0.25, 0.3) is 0 Å². The van der Waals surface area contributed by atoms with Crippen molar-refractivity contribution < 1.29 is 23.5 Å². The molecule has 0 aliphatic carbocycles. The van der Waals surface area contributed by atoms with E-state index in [1.165, 1.54) is 58.3 Å². The van der Waals surface area contributed by atoms with E-state index in [-0.39, 0.29) is 23.3 Å². The molecule has 164 valence electrons. The normalized spacial score (nSPS) is 12.9. The van der Waals surface area contributed by atoms with Crippen LogP contribution in [-0.2, 0) is 25.5 Å². The van der Waals surface area contributed by atoms with Gasteiger partial charge in [0.1, 0.15) is 5.76 Å². The van der Waals surface area contributed by atoms with Crippen LogP contribution in [0.3, 0.4) is 0 Å². The van der Waals surface area contributed by atoms with Gasteiger partial charge in [0.2, 0.25) is 0 Å². The highest BCUT2D eigenvalue weighted by Gasteiger charge is 2.23. The summed E-state index contributed by atoms with van der Waals surface area (Å²) in [5, 5.41) is 0. The second kappa shape index (κ2) is 14.8. The third-order valence-electron chi connectivity index (χ3n) is 5.28. The van der Waals surface area contributed by atoms with E-state index in [4.69, 9.17) is 13.9 Å². The van der Waals surface area contributed by atoms with Crippen molar-refractivity contribution in [1.82, 2.24) is 0 Å². The number of ether oxygens (including phenoxy) is 2. The Balaban J connectivity index is 2.53. The van der Waals surface area contributed by atoms with Crippen LogP contribution < -0.4 is 5.43 Å². The lowest BCUT2D eigenvalue weighted by molar-refractivity contribution is -0.146. The van der Waals surface area contributed by atoms with Crippen molar-refractivity contribution in [2.45, 2.75) is 77.6 Å². The van der Waals surface area contributed by atoms with Crippen molar-refractivity contribution in [2.24, 2.45) is 11.8 Å². The van der Waals surface area contributed by atoms with E-state index in [2.05, 4.69) is 6.92 Å². The summed E-state index contributed by atoms with van der Waals surface area (Å²) in [4.78, 5) is 35.7. The van der Waals surface area contributed by atoms with Gasteiger partial charge in [-0.1, -0.05) is 51.9 Å². The Morgan fingerprint density at radius 1 is 0.897 bits per heavy atom. The minimum absolute atomic E-state index is 0.140. The number of carbonyl (C=O) groups excluding carboxylic acids is 2. The first kappa shape index (κ1) is 24.9. The molecule has 0 aliphatic heterocycles. The maximum atomic E-state index is 12.1. The zero-order valence-electron chi connectivity index (χ0n) is 18.1. The monoisotopic (exact) mass is 408 g/mol. The van der Waals surface area contributed by atoms with E-state index in [1.807, 2.05) is 0 Å². The topological polar surface area (TPSA) is 82.8 Å². The Morgan fingerprint density at radius 3 is 2.14 bits per heavy atom. The summed E-state index contributed by atoms with van der Waals surface area (Å²) in [6.45, 7) is 2.19. The standard InChI is InChI=1S/C23H36O6/c1-4-5-6-7-8-9-11-18(22(25)27-2)12-10-13-19(23(26)28-3)16-21-17-20(24)14-15-29-21/h14-15,17-19H,4-13,16H2,1-3H3. The quantitative estimate of drug-likeness (QED) is 0.309. The van der Waals surface area contributed by atoms with Crippen molar-refractivity contribution in [1.29, 1.82) is 0 Å². The lowest BCUT2D eigenvalue weighted by atomic mass is 9.91. The molecule has 6 nitrogen and oxygen atoms in total. The average Bonchev–Trinajstić information content (AvgIpc) is 2.72. The van der Waals surface area contributed by atoms with Crippen molar-refractivity contribution >= 4 is 11.9 Å². The molecule has 0 fully saturated rings. The van der Waals surface area contributed by atoms with Crippen LogP contribution in [0.5, 0.6) is 0 Å². The van der Waals surface area contributed by atoms with E-state index in [1.54, 1.807) is 0 Å². The highest BCUT2D eigenvalue weighted by molar-refractivity contribution is 5.73. The van der Waals surface area contributed by atoms with Gasteiger partial charge < -0.3 is 13.9 Å². The highest BCUT2D eigenvalue weighted by Crippen LogP contribution is 2.23. The molecule has 1 heterocycles. The summed E-state index contributed by atoms with van der Waals surface area (Å²) in [5.74, 6) is -0.592. The maximum Gasteiger partial charge on any atom is 0.309 e. The van der Waals surface area contributed by atoms with Gasteiger partial charge in [-0.2, -0.15) is 0 Å². The van der Waals surface area contributed by atoms with Crippen LogP contribution in [-0.4, -0.2) is 26.2 Å². The first-order chi connectivity index (χ1) is 14.0. The van der Waals surface area contributed by atoms with Crippen LogP contribution in [0.1, 0.15) is 76.9 Å². The summed E-state index contributed by atoms with van der Waals surface area (Å²) in [5.41, 5.74) is -0.153. The zero-order chi connectivity index (χ0) is 21.5. The zero-order valence-corrected chi connectivity index (χ0v) is 18.1. The van der Waals surface area contributed by atoms with Gasteiger partial charge in [0.15, 0.2) is 5.43 Å². The second-order valence-corrected chi connectivity index (χ2v) is 7.57. The number of rotatable bonds is 15. The summed E-state index contributed by atoms with van der Waals surface area (Å²) in [7, 11) is 2.78.